The molecule has 0 saturated carbocycles. The van der Waals surface area contributed by atoms with Gasteiger partial charge in [-0.15, -0.1) is 0 Å². The molecular formula is C9H18N4O3. The Hall–Kier alpha value is -1.63. The van der Waals surface area contributed by atoms with E-state index < -0.39 is 23.8 Å². The number of rotatable bonds is 6. The van der Waals surface area contributed by atoms with Crippen LogP contribution >= 0.6 is 0 Å². The Morgan fingerprint density at radius 1 is 1.19 bits per heavy atom. The molecule has 16 heavy (non-hydrogen) atoms. The number of nitrogens with two attached hydrogens (primary N) is 2. The van der Waals surface area contributed by atoms with Crippen LogP contribution in [0.15, 0.2) is 0 Å². The third kappa shape index (κ3) is 5.30. The van der Waals surface area contributed by atoms with Crippen molar-refractivity contribution < 1.29 is 14.4 Å². The van der Waals surface area contributed by atoms with Gasteiger partial charge in [0.15, 0.2) is 0 Å². The molecule has 7 nitrogen and oxygen atoms in total. The molecule has 1 atom stereocenters. The normalized spacial score (nSPS) is 12.0. The second-order valence-corrected chi connectivity index (χ2v) is 3.67. The lowest BCUT2D eigenvalue weighted by Gasteiger charge is -2.18. The highest BCUT2D eigenvalue weighted by Crippen LogP contribution is 1.99. The SMILES string of the molecule is CC(C)C(NC(=O)CNC(=O)CN)C(N)=O. The molecular weight excluding hydrogens is 212 g/mol. The van der Waals surface area contributed by atoms with E-state index in [-0.39, 0.29) is 19.0 Å². The Labute approximate surface area is 93.9 Å². The second-order valence-electron chi connectivity index (χ2n) is 3.67. The van der Waals surface area contributed by atoms with Gasteiger partial charge in [-0.2, -0.15) is 0 Å². The standard InChI is InChI=1S/C9H18N4O3/c1-5(2)8(9(11)16)13-7(15)4-12-6(14)3-10/h5,8H,3-4,10H2,1-2H3,(H2,11,16)(H,12,14)(H,13,15). The van der Waals surface area contributed by atoms with Gasteiger partial charge in [-0.05, 0) is 5.92 Å². The molecule has 1 unspecified atom stereocenters. The zero-order chi connectivity index (χ0) is 12.7. The lowest BCUT2D eigenvalue weighted by Crippen LogP contribution is -2.50. The van der Waals surface area contributed by atoms with Gasteiger partial charge >= 0.3 is 0 Å². The second kappa shape index (κ2) is 6.78. The van der Waals surface area contributed by atoms with E-state index in [9.17, 15) is 14.4 Å². The summed E-state index contributed by atoms with van der Waals surface area (Å²) in [6, 6.07) is -0.734. The van der Waals surface area contributed by atoms with E-state index in [0.717, 1.165) is 0 Å². The summed E-state index contributed by atoms with van der Waals surface area (Å²) < 4.78 is 0. The van der Waals surface area contributed by atoms with Gasteiger partial charge in [0, 0.05) is 0 Å². The average Bonchev–Trinajstić information content (AvgIpc) is 2.21. The molecule has 6 N–H and O–H groups in total. The molecule has 0 bridgehead atoms. The van der Waals surface area contributed by atoms with Gasteiger partial charge in [0.05, 0.1) is 13.1 Å². The Morgan fingerprint density at radius 3 is 2.12 bits per heavy atom. The van der Waals surface area contributed by atoms with Gasteiger partial charge in [-0.25, -0.2) is 0 Å². The molecule has 0 aromatic carbocycles. The van der Waals surface area contributed by atoms with Crippen LogP contribution in [0.3, 0.4) is 0 Å². The topological polar surface area (TPSA) is 127 Å². The quantitative estimate of drug-likeness (QED) is 0.408. The van der Waals surface area contributed by atoms with Crippen molar-refractivity contribution in [1.29, 1.82) is 0 Å². The Morgan fingerprint density at radius 2 is 1.75 bits per heavy atom. The fraction of sp³-hybridized carbons (Fsp3) is 0.667. The first-order valence-corrected chi connectivity index (χ1v) is 4.94. The monoisotopic (exact) mass is 230 g/mol. The van der Waals surface area contributed by atoms with Crippen LogP contribution in [-0.2, 0) is 14.4 Å². The van der Waals surface area contributed by atoms with Gasteiger partial charge in [-0.3, -0.25) is 14.4 Å². The van der Waals surface area contributed by atoms with E-state index in [1.807, 2.05) is 0 Å². The molecule has 7 heteroatoms. The molecule has 0 saturated heterocycles. The van der Waals surface area contributed by atoms with Crippen LogP contribution in [0.2, 0.25) is 0 Å². The van der Waals surface area contributed by atoms with Gasteiger partial charge in [-0.1, -0.05) is 13.8 Å². The molecule has 0 aliphatic heterocycles. The van der Waals surface area contributed by atoms with Crippen molar-refractivity contribution in [3.63, 3.8) is 0 Å². The maximum Gasteiger partial charge on any atom is 0.240 e. The Kier molecular flexibility index (Phi) is 6.09. The minimum absolute atomic E-state index is 0.105. The smallest absolute Gasteiger partial charge is 0.240 e. The highest BCUT2D eigenvalue weighted by Gasteiger charge is 2.21. The number of amides is 3. The van der Waals surface area contributed by atoms with Gasteiger partial charge in [0.2, 0.25) is 17.7 Å². The van der Waals surface area contributed by atoms with Crippen molar-refractivity contribution in [2.45, 2.75) is 19.9 Å². The first-order valence-electron chi connectivity index (χ1n) is 4.94. The molecule has 0 spiro atoms. The molecule has 0 aliphatic carbocycles. The number of hydrogen-bond donors (Lipinski definition) is 4. The summed E-state index contributed by atoms with van der Waals surface area (Å²) in [5.74, 6) is -1.62. The maximum atomic E-state index is 11.3. The lowest BCUT2D eigenvalue weighted by atomic mass is 10.0. The van der Waals surface area contributed by atoms with Gasteiger partial charge in [0.1, 0.15) is 6.04 Å². The zero-order valence-corrected chi connectivity index (χ0v) is 9.45. The van der Waals surface area contributed by atoms with E-state index in [0.29, 0.717) is 0 Å². The van der Waals surface area contributed by atoms with Crippen LogP contribution in [0.1, 0.15) is 13.8 Å². The predicted octanol–water partition coefficient (Wildman–Crippen LogP) is -2.31. The number of primary amides is 1. The van der Waals surface area contributed by atoms with Crippen LogP contribution in [0.4, 0.5) is 0 Å². The molecule has 0 radical (unpaired) electrons. The first-order chi connectivity index (χ1) is 7.38. The minimum Gasteiger partial charge on any atom is -0.368 e. The summed E-state index contributed by atoms with van der Waals surface area (Å²) in [4.78, 5) is 33.0. The van der Waals surface area contributed by atoms with E-state index in [1.54, 1.807) is 13.8 Å². The zero-order valence-electron chi connectivity index (χ0n) is 9.45. The van der Waals surface area contributed by atoms with Crippen LogP contribution in [-0.4, -0.2) is 36.9 Å². The van der Waals surface area contributed by atoms with Gasteiger partial charge in [0.25, 0.3) is 0 Å². The highest BCUT2D eigenvalue weighted by atomic mass is 16.2. The van der Waals surface area contributed by atoms with Crippen LogP contribution < -0.4 is 22.1 Å². The molecule has 3 amide bonds. The van der Waals surface area contributed by atoms with Crippen LogP contribution in [0.25, 0.3) is 0 Å². The molecule has 0 aromatic rings. The first kappa shape index (κ1) is 14.4. The molecule has 0 aromatic heterocycles. The summed E-state index contributed by atoms with van der Waals surface area (Å²) in [6.07, 6.45) is 0. The van der Waals surface area contributed by atoms with Gasteiger partial charge < -0.3 is 22.1 Å². The van der Waals surface area contributed by atoms with E-state index in [1.165, 1.54) is 0 Å². The molecule has 0 aliphatic rings. The van der Waals surface area contributed by atoms with Crippen molar-refractivity contribution in [3.05, 3.63) is 0 Å². The van der Waals surface area contributed by atoms with Crippen molar-refractivity contribution in [2.24, 2.45) is 17.4 Å². The summed E-state index contributed by atoms with van der Waals surface area (Å²) in [5.41, 5.74) is 10.1. The number of carbonyl (C=O) groups is 3. The highest BCUT2D eigenvalue weighted by molar-refractivity contribution is 5.89. The Balaban J connectivity index is 4.11. The average molecular weight is 230 g/mol. The van der Waals surface area contributed by atoms with Crippen LogP contribution in [0.5, 0.6) is 0 Å². The van der Waals surface area contributed by atoms with Crippen molar-refractivity contribution in [2.75, 3.05) is 13.1 Å². The maximum absolute atomic E-state index is 11.3. The molecule has 0 rings (SSSR count). The third-order valence-corrected chi connectivity index (χ3v) is 1.92. The Bertz CT molecular complexity index is 278. The summed E-state index contributed by atoms with van der Waals surface area (Å²) in [5, 5.41) is 4.71. The summed E-state index contributed by atoms with van der Waals surface area (Å²) in [7, 11) is 0. The number of hydrogen-bond acceptors (Lipinski definition) is 4. The summed E-state index contributed by atoms with van der Waals surface area (Å²) in [6.45, 7) is 3.12. The third-order valence-electron chi connectivity index (χ3n) is 1.92. The molecule has 0 heterocycles. The number of carbonyl (C=O) groups excluding carboxylic acids is 3. The molecule has 92 valence electrons. The fourth-order valence-corrected chi connectivity index (χ4v) is 1.04. The fourth-order valence-electron chi connectivity index (χ4n) is 1.04. The van der Waals surface area contributed by atoms with Crippen molar-refractivity contribution in [1.82, 2.24) is 10.6 Å². The van der Waals surface area contributed by atoms with Crippen molar-refractivity contribution in [3.8, 4) is 0 Å². The van der Waals surface area contributed by atoms with E-state index in [4.69, 9.17) is 11.5 Å². The number of nitrogens with one attached hydrogen (secondary N) is 2. The minimum atomic E-state index is -0.734. The largest absolute Gasteiger partial charge is 0.368 e. The molecule has 0 fully saturated rings. The van der Waals surface area contributed by atoms with E-state index >= 15 is 0 Å². The summed E-state index contributed by atoms with van der Waals surface area (Å²) >= 11 is 0. The predicted molar refractivity (Wildman–Crippen MR) is 58.0 cm³/mol. The van der Waals surface area contributed by atoms with Crippen molar-refractivity contribution >= 4 is 17.7 Å². The lowest BCUT2D eigenvalue weighted by molar-refractivity contribution is -0.129. The van der Waals surface area contributed by atoms with Crippen LogP contribution in [0, 0.1) is 5.92 Å². The van der Waals surface area contributed by atoms with E-state index in [2.05, 4.69) is 10.6 Å².